The van der Waals surface area contributed by atoms with Gasteiger partial charge in [-0.05, 0) is 56.7 Å². The van der Waals surface area contributed by atoms with Crippen LogP contribution in [0, 0.1) is 6.92 Å². The molecular formula is C19H21N3O2. The first-order valence-corrected chi connectivity index (χ1v) is 8.15. The lowest BCUT2D eigenvalue weighted by molar-refractivity contribution is 0.0772. The first-order valence-electron chi connectivity index (χ1n) is 8.15. The fourth-order valence-corrected chi connectivity index (χ4v) is 2.71. The number of anilines is 2. The minimum absolute atomic E-state index is 0.0610. The fraction of sp³-hybridized carbons (Fsp3) is 0.263. The monoisotopic (exact) mass is 323 g/mol. The maximum Gasteiger partial charge on any atom is 0.300 e. The SMILES string of the molecule is CCN(CC)C(=O)c1ccc(Nc2nc3ccccc3o2)cc1C. The Kier molecular flexibility index (Phi) is 4.51. The van der Waals surface area contributed by atoms with Gasteiger partial charge in [0.2, 0.25) is 0 Å². The van der Waals surface area contributed by atoms with Gasteiger partial charge in [-0.3, -0.25) is 4.79 Å². The summed E-state index contributed by atoms with van der Waals surface area (Å²) in [6.07, 6.45) is 0. The molecule has 0 aliphatic heterocycles. The number of hydrogen-bond acceptors (Lipinski definition) is 4. The summed E-state index contributed by atoms with van der Waals surface area (Å²) in [6, 6.07) is 13.7. The predicted molar refractivity (Wildman–Crippen MR) is 95.7 cm³/mol. The molecule has 1 amide bonds. The van der Waals surface area contributed by atoms with Gasteiger partial charge >= 0.3 is 0 Å². The van der Waals surface area contributed by atoms with Gasteiger partial charge in [0, 0.05) is 24.3 Å². The summed E-state index contributed by atoms with van der Waals surface area (Å²) in [4.78, 5) is 18.7. The molecule has 5 heteroatoms. The van der Waals surface area contributed by atoms with Crippen molar-refractivity contribution in [1.82, 2.24) is 9.88 Å². The van der Waals surface area contributed by atoms with Crippen LogP contribution in [0.4, 0.5) is 11.7 Å². The van der Waals surface area contributed by atoms with Crippen LogP contribution in [0.2, 0.25) is 0 Å². The minimum atomic E-state index is 0.0610. The Bertz CT molecular complexity index is 833. The van der Waals surface area contributed by atoms with Crippen molar-refractivity contribution in [1.29, 1.82) is 0 Å². The highest BCUT2D eigenvalue weighted by atomic mass is 16.4. The fourth-order valence-electron chi connectivity index (χ4n) is 2.71. The maximum absolute atomic E-state index is 12.5. The molecule has 0 atom stereocenters. The molecule has 2 aromatic carbocycles. The van der Waals surface area contributed by atoms with Crippen molar-refractivity contribution in [2.45, 2.75) is 20.8 Å². The molecule has 5 nitrogen and oxygen atoms in total. The number of amides is 1. The zero-order valence-electron chi connectivity index (χ0n) is 14.2. The molecule has 124 valence electrons. The van der Waals surface area contributed by atoms with Gasteiger partial charge in [0.25, 0.3) is 11.9 Å². The lowest BCUT2D eigenvalue weighted by Gasteiger charge is -2.20. The predicted octanol–water partition coefficient (Wildman–Crippen LogP) is 4.36. The van der Waals surface area contributed by atoms with E-state index < -0.39 is 0 Å². The van der Waals surface area contributed by atoms with Crippen LogP contribution in [0.25, 0.3) is 11.1 Å². The zero-order valence-corrected chi connectivity index (χ0v) is 14.2. The maximum atomic E-state index is 12.5. The van der Waals surface area contributed by atoms with Crippen molar-refractivity contribution in [3.05, 3.63) is 53.6 Å². The van der Waals surface area contributed by atoms with Crippen LogP contribution in [0.5, 0.6) is 0 Å². The Hall–Kier alpha value is -2.82. The van der Waals surface area contributed by atoms with E-state index in [9.17, 15) is 4.79 Å². The summed E-state index contributed by atoms with van der Waals surface area (Å²) >= 11 is 0. The number of carbonyl (C=O) groups excluding carboxylic acids is 1. The molecule has 0 spiro atoms. The van der Waals surface area contributed by atoms with E-state index in [1.807, 2.05) is 68.1 Å². The lowest BCUT2D eigenvalue weighted by Crippen LogP contribution is -2.30. The average molecular weight is 323 g/mol. The van der Waals surface area contributed by atoms with Gasteiger partial charge in [0.1, 0.15) is 5.52 Å². The van der Waals surface area contributed by atoms with Crippen molar-refractivity contribution in [2.24, 2.45) is 0 Å². The van der Waals surface area contributed by atoms with E-state index in [-0.39, 0.29) is 5.91 Å². The highest BCUT2D eigenvalue weighted by Crippen LogP contribution is 2.23. The molecule has 24 heavy (non-hydrogen) atoms. The number of aryl methyl sites for hydroxylation is 1. The molecule has 0 saturated carbocycles. The lowest BCUT2D eigenvalue weighted by atomic mass is 10.1. The standard InChI is InChI=1S/C19H21N3O2/c1-4-22(5-2)18(23)15-11-10-14(12-13(15)3)20-19-21-16-8-6-7-9-17(16)24-19/h6-12H,4-5H2,1-3H3,(H,20,21). The van der Waals surface area contributed by atoms with E-state index in [0.717, 1.165) is 27.9 Å². The van der Waals surface area contributed by atoms with Crippen LogP contribution >= 0.6 is 0 Å². The first kappa shape index (κ1) is 16.1. The van der Waals surface area contributed by atoms with Gasteiger partial charge in [-0.1, -0.05) is 12.1 Å². The summed E-state index contributed by atoms with van der Waals surface area (Å²) in [6.45, 7) is 7.32. The molecule has 3 rings (SSSR count). The van der Waals surface area contributed by atoms with Gasteiger partial charge in [0.05, 0.1) is 0 Å². The third-order valence-electron chi connectivity index (χ3n) is 4.05. The zero-order chi connectivity index (χ0) is 17.1. The summed E-state index contributed by atoms with van der Waals surface area (Å²) in [5.74, 6) is 0.0610. The molecule has 1 N–H and O–H groups in total. The van der Waals surface area contributed by atoms with E-state index in [1.54, 1.807) is 0 Å². The molecular weight excluding hydrogens is 302 g/mol. The number of benzene rings is 2. The first-order chi connectivity index (χ1) is 11.6. The van der Waals surface area contributed by atoms with E-state index in [1.165, 1.54) is 0 Å². The molecule has 1 heterocycles. The molecule has 0 radical (unpaired) electrons. The second-order valence-corrected chi connectivity index (χ2v) is 5.62. The number of rotatable bonds is 5. The summed E-state index contributed by atoms with van der Waals surface area (Å²) in [5.41, 5.74) is 4.04. The Balaban J connectivity index is 1.83. The van der Waals surface area contributed by atoms with Crippen molar-refractivity contribution in [2.75, 3.05) is 18.4 Å². The van der Waals surface area contributed by atoms with Gasteiger partial charge < -0.3 is 14.6 Å². The topological polar surface area (TPSA) is 58.4 Å². The van der Waals surface area contributed by atoms with Gasteiger partial charge in [-0.25, -0.2) is 0 Å². The van der Waals surface area contributed by atoms with Crippen LogP contribution < -0.4 is 5.32 Å². The number of hydrogen-bond donors (Lipinski definition) is 1. The largest absolute Gasteiger partial charge is 0.423 e. The van der Waals surface area contributed by atoms with Crippen molar-refractivity contribution in [3.63, 3.8) is 0 Å². The Morgan fingerprint density at radius 3 is 2.58 bits per heavy atom. The van der Waals surface area contributed by atoms with Crippen molar-refractivity contribution < 1.29 is 9.21 Å². The third-order valence-corrected chi connectivity index (χ3v) is 4.05. The van der Waals surface area contributed by atoms with E-state index in [4.69, 9.17) is 4.42 Å². The molecule has 0 fully saturated rings. The molecule has 1 aromatic heterocycles. The molecule has 0 saturated heterocycles. The summed E-state index contributed by atoms with van der Waals surface area (Å²) in [5, 5.41) is 3.15. The van der Waals surface area contributed by atoms with Crippen molar-refractivity contribution in [3.8, 4) is 0 Å². The second kappa shape index (κ2) is 6.74. The van der Waals surface area contributed by atoms with Crippen molar-refractivity contribution >= 4 is 28.7 Å². The van der Waals surface area contributed by atoms with Crippen LogP contribution in [-0.4, -0.2) is 28.9 Å². The van der Waals surface area contributed by atoms with Gasteiger partial charge in [-0.15, -0.1) is 0 Å². The summed E-state index contributed by atoms with van der Waals surface area (Å²) < 4.78 is 5.67. The van der Waals surface area contributed by atoms with E-state index in [0.29, 0.717) is 19.1 Å². The van der Waals surface area contributed by atoms with Crippen LogP contribution in [0.15, 0.2) is 46.9 Å². The number of carbonyl (C=O) groups is 1. The van der Waals surface area contributed by atoms with Crippen LogP contribution in [0.1, 0.15) is 29.8 Å². The third kappa shape index (κ3) is 3.11. The normalized spacial score (nSPS) is 10.8. The molecule has 0 aliphatic carbocycles. The van der Waals surface area contributed by atoms with Crippen LogP contribution in [0.3, 0.4) is 0 Å². The molecule has 3 aromatic rings. The average Bonchev–Trinajstić information content (AvgIpc) is 2.98. The number of oxazole rings is 1. The molecule has 0 bridgehead atoms. The second-order valence-electron chi connectivity index (χ2n) is 5.62. The van der Waals surface area contributed by atoms with Crippen LogP contribution in [-0.2, 0) is 0 Å². The molecule has 0 aliphatic rings. The summed E-state index contributed by atoms with van der Waals surface area (Å²) in [7, 11) is 0. The number of para-hydroxylation sites is 2. The number of nitrogens with zero attached hydrogens (tertiary/aromatic N) is 2. The number of aromatic nitrogens is 1. The molecule has 0 unspecified atom stereocenters. The van der Waals surface area contributed by atoms with E-state index >= 15 is 0 Å². The van der Waals surface area contributed by atoms with E-state index in [2.05, 4.69) is 10.3 Å². The Labute approximate surface area is 141 Å². The smallest absolute Gasteiger partial charge is 0.300 e. The Morgan fingerprint density at radius 2 is 1.92 bits per heavy atom. The van der Waals surface area contributed by atoms with Gasteiger partial charge in [0.15, 0.2) is 5.58 Å². The quantitative estimate of drug-likeness (QED) is 0.758. The van der Waals surface area contributed by atoms with Gasteiger partial charge in [-0.2, -0.15) is 4.98 Å². The highest BCUT2D eigenvalue weighted by molar-refractivity contribution is 5.96. The number of nitrogens with one attached hydrogen (secondary N) is 1. The minimum Gasteiger partial charge on any atom is -0.423 e. The highest BCUT2D eigenvalue weighted by Gasteiger charge is 2.15. The Morgan fingerprint density at radius 1 is 1.17 bits per heavy atom. The number of fused-ring (bicyclic) bond motifs is 1.